The first-order valence-electron chi connectivity index (χ1n) is 6.89. The summed E-state index contributed by atoms with van der Waals surface area (Å²) in [6.07, 6.45) is 5.07. The highest BCUT2D eigenvalue weighted by Gasteiger charge is 2.27. The molecule has 0 spiro atoms. The van der Waals surface area contributed by atoms with Crippen LogP contribution in [-0.2, 0) is 0 Å². The smallest absolute Gasteiger partial charge is 0.167 e. The van der Waals surface area contributed by atoms with Crippen molar-refractivity contribution in [3.63, 3.8) is 0 Å². The molecule has 0 aromatic heterocycles. The van der Waals surface area contributed by atoms with Crippen LogP contribution in [-0.4, -0.2) is 19.0 Å². The Kier molecular flexibility index (Phi) is 3.65. The molecule has 3 nitrogen and oxygen atoms in total. The largest absolute Gasteiger partial charge is 0.490 e. The number of rotatable bonds is 2. The van der Waals surface area contributed by atoms with Gasteiger partial charge >= 0.3 is 0 Å². The third-order valence-electron chi connectivity index (χ3n) is 3.83. The summed E-state index contributed by atoms with van der Waals surface area (Å²) in [6.45, 7) is 1.24. The minimum absolute atomic E-state index is 0.127. The quantitative estimate of drug-likeness (QED) is 0.772. The molecule has 0 atom stereocenters. The topological polar surface area (TPSA) is 35.5 Å². The lowest BCUT2D eigenvalue weighted by Gasteiger charge is -2.13. The number of carbonyl (C=O) groups excluding carboxylic acids is 1. The van der Waals surface area contributed by atoms with Crippen molar-refractivity contribution in [1.29, 1.82) is 0 Å². The molecule has 19 heavy (non-hydrogen) atoms. The van der Waals surface area contributed by atoms with E-state index in [2.05, 4.69) is 0 Å². The minimum atomic E-state index is 0.127. The second-order valence-electron chi connectivity index (χ2n) is 5.17. The fraction of sp³-hybridized carbons (Fsp3) is 0.533. The van der Waals surface area contributed by atoms with Gasteiger partial charge < -0.3 is 9.47 Å². The molecule has 1 saturated carbocycles. The van der Waals surface area contributed by atoms with Crippen molar-refractivity contribution in [2.24, 2.45) is 5.92 Å². The average molecular weight is 281 g/mol. The van der Waals surface area contributed by atoms with Gasteiger partial charge in [0.2, 0.25) is 0 Å². The van der Waals surface area contributed by atoms with Crippen LogP contribution in [0.1, 0.15) is 42.5 Å². The van der Waals surface area contributed by atoms with E-state index in [1.165, 1.54) is 0 Å². The molecule has 0 bridgehead atoms. The third kappa shape index (κ3) is 2.57. The van der Waals surface area contributed by atoms with E-state index in [1.54, 1.807) is 12.1 Å². The van der Waals surface area contributed by atoms with E-state index in [9.17, 15) is 4.79 Å². The van der Waals surface area contributed by atoms with Gasteiger partial charge in [-0.15, -0.1) is 0 Å². The number of ether oxygens (including phenoxy) is 2. The van der Waals surface area contributed by atoms with Crippen molar-refractivity contribution in [2.75, 3.05) is 13.2 Å². The molecule has 0 saturated heterocycles. The van der Waals surface area contributed by atoms with E-state index in [1.807, 2.05) is 0 Å². The summed E-state index contributed by atoms with van der Waals surface area (Å²) in [4.78, 5) is 12.5. The lowest BCUT2D eigenvalue weighted by atomic mass is 9.96. The van der Waals surface area contributed by atoms with Crippen molar-refractivity contribution >= 4 is 17.4 Å². The third-order valence-corrected chi connectivity index (χ3v) is 4.14. The van der Waals surface area contributed by atoms with Crippen LogP contribution in [0.2, 0.25) is 5.02 Å². The molecule has 1 aromatic rings. The fourth-order valence-corrected chi connectivity index (χ4v) is 3.03. The molecule has 0 radical (unpaired) electrons. The highest BCUT2D eigenvalue weighted by molar-refractivity contribution is 6.34. The predicted octanol–water partition coefficient (Wildman–Crippen LogP) is 3.87. The number of benzene rings is 1. The van der Waals surface area contributed by atoms with Gasteiger partial charge in [0.1, 0.15) is 0 Å². The average Bonchev–Trinajstić information content (AvgIpc) is 2.84. The molecule has 0 unspecified atom stereocenters. The molecular weight excluding hydrogens is 264 g/mol. The van der Waals surface area contributed by atoms with Gasteiger partial charge in [-0.25, -0.2) is 0 Å². The van der Waals surface area contributed by atoms with Crippen molar-refractivity contribution in [1.82, 2.24) is 0 Å². The second kappa shape index (κ2) is 5.41. The van der Waals surface area contributed by atoms with Crippen LogP contribution in [0.3, 0.4) is 0 Å². The van der Waals surface area contributed by atoms with E-state index < -0.39 is 0 Å². The highest BCUT2D eigenvalue weighted by atomic mass is 35.5. The molecule has 1 aliphatic heterocycles. The number of ketones is 1. The maximum absolute atomic E-state index is 12.5. The van der Waals surface area contributed by atoms with Gasteiger partial charge in [-0.1, -0.05) is 24.4 Å². The molecule has 1 aliphatic carbocycles. The Labute approximate surface area is 117 Å². The Morgan fingerprint density at radius 1 is 1.05 bits per heavy atom. The zero-order valence-electron chi connectivity index (χ0n) is 10.8. The van der Waals surface area contributed by atoms with E-state index in [4.69, 9.17) is 21.1 Å². The Morgan fingerprint density at radius 3 is 2.37 bits per heavy atom. The second-order valence-corrected chi connectivity index (χ2v) is 5.58. The summed E-state index contributed by atoms with van der Waals surface area (Å²) in [5.41, 5.74) is 0.581. The summed E-state index contributed by atoms with van der Waals surface area (Å²) in [5, 5.41) is 0.473. The minimum Gasteiger partial charge on any atom is -0.490 e. The van der Waals surface area contributed by atoms with E-state index in [0.29, 0.717) is 35.3 Å². The number of fused-ring (bicyclic) bond motifs is 1. The van der Waals surface area contributed by atoms with Crippen LogP contribution in [0.25, 0.3) is 0 Å². The van der Waals surface area contributed by atoms with Crippen molar-refractivity contribution < 1.29 is 14.3 Å². The SMILES string of the molecule is O=C(c1cc2c(cc1Cl)OCCCO2)C1CCCC1. The summed E-state index contributed by atoms with van der Waals surface area (Å²) < 4.78 is 11.2. The van der Waals surface area contributed by atoms with Gasteiger partial charge in [-0.3, -0.25) is 4.79 Å². The number of Topliss-reactive ketones (excluding diaryl/α,β-unsaturated/α-hetero) is 1. The number of carbonyl (C=O) groups is 1. The summed E-state index contributed by atoms with van der Waals surface area (Å²) in [5.74, 6) is 1.56. The molecule has 0 N–H and O–H groups in total. The molecule has 1 heterocycles. The maximum atomic E-state index is 12.5. The van der Waals surface area contributed by atoms with E-state index >= 15 is 0 Å². The molecule has 102 valence electrons. The molecular formula is C15H17ClO3. The van der Waals surface area contributed by atoms with Crippen LogP contribution in [0.5, 0.6) is 11.5 Å². The Morgan fingerprint density at radius 2 is 1.68 bits per heavy atom. The first-order chi connectivity index (χ1) is 9.25. The zero-order valence-corrected chi connectivity index (χ0v) is 11.5. The standard InChI is InChI=1S/C15H17ClO3/c16-12-9-14-13(18-6-3-7-19-14)8-11(12)15(17)10-4-1-2-5-10/h8-10H,1-7H2. The molecule has 1 fully saturated rings. The van der Waals surface area contributed by atoms with Gasteiger partial charge in [0.15, 0.2) is 17.3 Å². The molecule has 2 aliphatic rings. The van der Waals surface area contributed by atoms with Gasteiger partial charge in [0, 0.05) is 24.0 Å². The monoisotopic (exact) mass is 280 g/mol. The number of hydrogen-bond donors (Lipinski definition) is 0. The number of halogens is 1. The van der Waals surface area contributed by atoms with Crippen molar-refractivity contribution in [3.8, 4) is 11.5 Å². The lowest BCUT2D eigenvalue weighted by molar-refractivity contribution is 0.0922. The molecule has 0 amide bonds. The van der Waals surface area contributed by atoms with Gasteiger partial charge in [-0.2, -0.15) is 0 Å². The summed E-state index contributed by atoms with van der Waals surface area (Å²) in [7, 11) is 0. The zero-order chi connectivity index (χ0) is 13.2. The van der Waals surface area contributed by atoms with Gasteiger partial charge in [-0.05, 0) is 18.9 Å². The first kappa shape index (κ1) is 12.8. The van der Waals surface area contributed by atoms with Crippen LogP contribution < -0.4 is 9.47 Å². The van der Waals surface area contributed by atoms with Crippen molar-refractivity contribution in [2.45, 2.75) is 32.1 Å². The predicted molar refractivity (Wildman–Crippen MR) is 73.3 cm³/mol. The van der Waals surface area contributed by atoms with Crippen LogP contribution in [0.15, 0.2) is 12.1 Å². The van der Waals surface area contributed by atoms with Crippen LogP contribution in [0.4, 0.5) is 0 Å². The molecule has 4 heteroatoms. The summed E-state index contributed by atoms with van der Waals surface area (Å²) >= 11 is 6.23. The van der Waals surface area contributed by atoms with E-state index in [0.717, 1.165) is 32.1 Å². The Bertz CT molecular complexity index is 492. The fourth-order valence-electron chi connectivity index (χ4n) is 2.78. The Balaban J connectivity index is 1.92. The Hall–Kier alpha value is -1.22. The summed E-state index contributed by atoms with van der Waals surface area (Å²) in [6, 6.07) is 3.47. The van der Waals surface area contributed by atoms with Crippen LogP contribution in [0, 0.1) is 5.92 Å². The first-order valence-corrected chi connectivity index (χ1v) is 7.27. The van der Waals surface area contributed by atoms with Gasteiger partial charge in [0.05, 0.1) is 18.2 Å². The van der Waals surface area contributed by atoms with Crippen molar-refractivity contribution in [3.05, 3.63) is 22.7 Å². The molecule has 1 aromatic carbocycles. The van der Waals surface area contributed by atoms with Crippen LogP contribution >= 0.6 is 11.6 Å². The lowest BCUT2D eigenvalue weighted by Crippen LogP contribution is -2.12. The highest BCUT2D eigenvalue weighted by Crippen LogP contribution is 2.37. The molecule has 3 rings (SSSR count). The van der Waals surface area contributed by atoms with E-state index in [-0.39, 0.29) is 11.7 Å². The number of hydrogen-bond acceptors (Lipinski definition) is 3. The van der Waals surface area contributed by atoms with Gasteiger partial charge in [0.25, 0.3) is 0 Å². The normalized spacial score (nSPS) is 19.2. The maximum Gasteiger partial charge on any atom is 0.167 e.